The van der Waals surface area contributed by atoms with Gasteiger partial charge in [0.2, 0.25) is 0 Å². The van der Waals surface area contributed by atoms with Gasteiger partial charge in [-0.25, -0.2) is 0 Å². The summed E-state index contributed by atoms with van der Waals surface area (Å²) in [6.07, 6.45) is 7.93. The number of carbonyl (C=O) groups excluding carboxylic acids is 3. The minimum atomic E-state index is -0.107. The highest BCUT2D eigenvalue weighted by atomic mass is 16.1. The highest BCUT2D eigenvalue weighted by molar-refractivity contribution is 5.87. The minimum Gasteiger partial charge on any atom is -0.300 e. The van der Waals surface area contributed by atoms with Crippen molar-refractivity contribution in [2.45, 2.75) is 79.1 Å². The number of hydrogen-bond donors (Lipinski definition) is 0. The Balaban J connectivity index is 1.64. The molecule has 4 rings (SSSR count). The molecule has 8 atom stereocenters. The molecule has 4 saturated carbocycles. The highest BCUT2D eigenvalue weighted by Gasteiger charge is 2.63. The van der Waals surface area contributed by atoms with E-state index in [9.17, 15) is 14.4 Å². The Morgan fingerprint density at radius 1 is 0.923 bits per heavy atom. The number of Topliss-reactive ketones (excluding diaryl/α,β-unsaturated/α-hetero) is 3. The maximum Gasteiger partial charge on any atom is 0.137 e. The van der Waals surface area contributed by atoms with Crippen LogP contribution in [0.2, 0.25) is 0 Å². The molecule has 0 amide bonds. The van der Waals surface area contributed by atoms with E-state index in [0.29, 0.717) is 35.7 Å². The molecule has 26 heavy (non-hydrogen) atoms. The Labute approximate surface area is 157 Å². The van der Waals surface area contributed by atoms with E-state index in [1.54, 1.807) is 13.8 Å². The van der Waals surface area contributed by atoms with Gasteiger partial charge < -0.3 is 0 Å². The molecule has 0 radical (unpaired) electrons. The molecule has 0 bridgehead atoms. The first kappa shape index (κ1) is 18.4. The standard InChI is InChI=1S/C23H34O3/c1-13(24)15-9-10-22(3)16(11-15)5-6-17-19-8-7-18(14(2)25)23(19,4)12-20(26)21(17)22/h15-19,21H,5-12H2,1-4H3/t15-,16-,17+,18-,19+,21-,22+,23-/m1/s1. The van der Waals surface area contributed by atoms with E-state index in [1.807, 2.05) is 0 Å². The molecule has 3 nitrogen and oxygen atoms in total. The van der Waals surface area contributed by atoms with Gasteiger partial charge in [-0.2, -0.15) is 0 Å². The van der Waals surface area contributed by atoms with E-state index in [2.05, 4.69) is 13.8 Å². The average molecular weight is 359 g/mol. The van der Waals surface area contributed by atoms with Crippen LogP contribution in [0.1, 0.15) is 79.1 Å². The van der Waals surface area contributed by atoms with Gasteiger partial charge in [0, 0.05) is 24.2 Å². The van der Waals surface area contributed by atoms with Crippen molar-refractivity contribution in [3.05, 3.63) is 0 Å². The van der Waals surface area contributed by atoms with Gasteiger partial charge in [0.15, 0.2) is 0 Å². The summed E-state index contributed by atoms with van der Waals surface area (Å²) < 4.78 is 0. The second-order valence-electron chi connectivity index (χ2n) is 10.5. The molecule has 0 aromatic carbocycles. The summed E-state index contributed by atoms with van der Waals surface area (Å²) in [5.74, 6) is 3.00. The second-order valence-corrected chi connectivity index (χ2v) is 10.5. The van der Waals surface area contributed by atoms with Crippen LogP contribution < -0.4 is 0 Å². The van der Waals surface area contributed by atoms with E-state index >= 15 is 0 Å². The molecule has 4 aliphatic carbocycles. The van der Waals surface area contributed by atoms with Gasteiger partial charge in [-0.3, -0.25) is 14.4 Å². The Morgan fingerprint density at radius 3 is 2.31 bits per heavy atom. The molecule has 144 valence electrons. The van der Waals surface area contributed by atoms with Crippen LogP contribution in [0.4, 0.5) is 0 Å². The van der Waals surface area contributed by atoms with Crippen molar-refractivity contribution in [2.24, 2.45) is 46.3 Å². The summed E-state index contributed by atoms with van der Waals surface area (Å²) in [5, 5.41) is 0. The zero-order valence-electron chi connectivity index (χ0n) is 16.8. The maximum absolute atomic E-state index is 13.4. The third-order valence-electron chi connectivity index (χ3n) is 9.41. The third-order valence-corrected chi connectivity index (χ3v) is 9.41. The Bertz CT molecular complexity index is 652. The summed E-state index contributed by atoms with van der Waals surface area (Å²) in [5.41, 5.74) is -0.0363. The summed E-state index contributed by atoms with van der Waals surface area (Å²) >= 11 is 0. The summed E-state index contributed by atoms with van der Waals surface area (Å²) in [6, 6.07) is 0. The fourth-order valence-electron chi connectivity index (χ4n) is 8.11. The molecule has 4 aliphatic rings. The molecule has 0 unspecified atom stereocenters. The first-order valence-corrected chi connectivity index (χ1v) is 10.7. The van der Waals surface area contributed by atoms with Crippen LogP contribution in [-0.2, 0) is 14.4 Å². The second kappa shape index (κ2) is 6.01. The fourth-order valence-corrected chi connectivity index (χ4v) is 8.11. The van der Waals surface area contributed by atoms with E-state index in [0.717, 1.165) is 44.9 Å². The Hall–Kier alpha value is -0.990. The molecule has 0 heterocycles. The van der Waals surface area contributed by atoms with Crippen LogP contribution in [0, 0.1) is 46.3 Å². The number of hydrogen-bond acceptors (Lipinski definition) is 3. The molecule has 0 N–H and O–H groups in total. The smallest absolute Gasteiger partial charge is 0.137 e. The van der Waals surface area contributed by atoms with Gasteiger partial charge in [0.25, 0.3) is 0 Å². The maximum atomic E-state index is 13.4. The average Bonchev–Trinajstić information content (AvgIpc) is 2.90. The van der Waals surface area contributed by atoms with E-state index in [-0.39, 0.29) is 34.4 Å². The lowest BCUT2D eigenvalue weighted by atomic mass is 9.43. The predicted octanol–water partition coefficient (Wildman–Crippen LogP) is 4.62. The number of fused-ring (bicyclic) bond motifs is 5. The molecule has 4 fully saturated rings. The topological polar surface area (TPSA) is 51.2 Å². The van der Waals surface area contributed by atoms with Gasteiger partial charge >= 0.3 is 0 Å². The monoisotopic (exact) mass is 358 g/mol. The zero-order chi connectivity index (χ0) is 18.9. The first-order chi connectivity index (χ1) is 12.2. The van der Waals surface area contributed by atoms with Gasteiger partial charge in [0.05, 0.1) is 0 Å². The number of ketones is 3. The summed E-state index contributed by atoms with van der Waals surface area (Å²) in [4.78, 5) is 37.6. The van der Waals surface area contributed by atoms with Crippen molar-refractivity contribution >= 4 is 17.3 Å². The van der Waals surface area contributed by atoms with Gasteiger partial charge in [-0.05, 0) is 87.4 Å². The minimum absolute atomic E-state index is 0.0710. The van der Waals surface area contributed by atoms with Crippen molar-refractivity contribution in [1.82, 2.24) is 0 Å². The number of carbonyl (C=O) groups is 3. The molecule has 0 aromatic heterocycles. The van der Waals surface area contributed by atoms with Gasteiger partial charge in [-0.1, -0.05) is 13.8 Å². The van der Waals surface area contributed by atoms with E-state index in [4.69, 9.17) is 0 Å². The third kappa shape index (κ3) is 2.41. The SMILES string of the molecule is CC(=O)[C@@H]1CC[C@@]2(C)[C@H](CC[C@H]3[C@@H]4CC[C@H](C(C)=O)[C@@]4(C)CC(=O)[C@@H]32)C1. The van der Waals surface area contributed by atoms with Crippen LogP contribution in [-0.4, -0.2) is 17.3 Å². The number of rotatable bonds is 2. The molecule has 0 saturated heterocycles. The molecule has 3 heteroatoms. The van der Waals surface area contributed by atoms with Crippen LogP contribution >= 0.6 is 0 Å². The lowest BCUT2D eigenvalue weighted by Crippen LogP contribution is -2.57. The molecular formula is C23H34O3. The van der Waals surface area contributed by atoms with Gasteiger partial charge in [0.1, 0.15) is 17.3 Å². The Kier molecular flexibility index (Phi) is 4.24. The van der Waals surface area contributed by atoms with Gasteiger partial charge in [-0.15, -0.1) is 0 Å². The van der Waals surface area contributed by atoms with Crippen molar-refractivity contribution in [2.75, 3.05) is 0 Å². The first-order valence-electron chi connectivity index (χ1n) is 10.7. The normalized spacial score (nSPS) is 50.5. The van der Waals surface area contributed by atoms with E-state index in [1.165, 1.54) is 0 Å². The lowest BCUT2D eigenvalue weighted by molar-refractivity contribution is -0.160. The van der Waals surface area contributed by atoms with Crippen molar-refractivity contribution in [3.8, 4) is 0 Å². The predicted molar refractivity (Wildman–Crippen MR) is 100 cm³/mol. The molecule has 0 spiro atoms. The molecule has 0 aliphatic heterocycles. The van der Waals surface area contributed by atoms with Crippen molar-refractivity contribution in [3.63, 3.8) is 0 Å². The zero-order valence-corrected chi connectivity index (χ0v) is 16.8. The molecule has 0 aromatic rings. The van der Waals surface area contributed by atoms with Crippen LogP contribution in [0.25, 0.3) is 0 Å². The van der Waals surface area contributed by atoms with E-state index < -0.39 is 0 Å². The van der Waals surface area contributed by atoms with Crippen LogP contribution in [0.15, 0.2) is 0 Å². The summed E-state index contributed by atoms with van der Waals surface area (Å²) in [7, 11) is 0. The fraction of sp³-hybridized carbons (Fsp3) is 0.870. The van der Waals surface area contributed by atoms with Crippen LogP contribution in [0.5, 0.6) is 0 Å². The Morgan fingerprint density at radius 2 is 1.65 bits per heavy atom. The summed E-state index contributed by atoms with van der Waals surface area (Å²) in [6.45, 7) is 8.03. The highest BCUT2D eigenvalue weighted by Crippen LogP contribution is 2.66. The lowest BCUT2D eigenvalue weighted by Gasteiger charge is -2.60. The largest absolute Gasteiger partial charge is 0.300 e. The quantitative estimate of drug-likeness (QED) is 0.724. The van der Waals surface area contributed by atoms with Crippen LogP contribution in [0.3, 0.4) is 0 Å². The molecular weight excluding hydrogens is 324 g/mol. The van der Waals surface area contributed by atoms with Crippen molar-refractivity contribution in [1.29, 1.82) is 0 Å². The van der Waals surface area contributed by atoms with Crippen molar-refractivity contribution < 1.29 is 14.4 Å².